The van der Waals surface area contributed by atoms with Gasteiger partial charge >= 0.3 is 0 Å². The Morgan fingerprint density at radius 1 is 0.970 bits per heavy atom. The van der Waals surface area contributed by atoms with Crippen LogP contribution in [0.15, 0.2) is 47.5 Å². The number of guanidine groups is 1. The Balaban J connectivity index is 1.25. The number of fused-ring (bicyclic) bond motifs is 1. The molecule has 178 valence electrons. The lowest BCUT2D eigenvalue weighted by molar-refractivity contribution is 0.269. The molecule has 0 aliphatic carbocycles. The SMILES string of the molecule is CCNC(=NCc1ccc(CN2CCCN(C)CC2)cc1)NCCc1ccc2c(c1)CCO2. The van der Waals surface area contributed by atoms with Crippen molar-refractivity contribution in [3.8, 4) is 5.75 Å². The lowest BCUT2D eigenvalue weighted by Gasteiger charge is -2.20. The lowest BCUT2D eigenvalue weighted by Crippen LogP contribution is -2.38. The number of hydrogen-bond acceptors (Lipinski definition) is 4. The zero-order chi connectivity index (χ0) is 22.9. The molecule has 1 saturated heterocycles. The zero-order valence-electron chi connectivity index (χ0n) is 20.3. The van der Waals surface area contributed by atoms with Gasteiger partial charge in [-0.05, 0) is 68.2 Å². The van der Waals surface area contributed by atoms with Gasteiger partial charge in [0.2, 0.25) is 0 Å². The van der Waals surface area contributed by atoms with Gasteiger partial charge < -0.3 is 20.3 Å². The molecule has 1 fully saturated rings. The number of hydrogen-bond donors (Lipinski definition) is 2. The number of nitrogens with one attached hydrogen (secondary N) is 2. The second-order valence-corrected chi connectivity index (χ2v) is 9.16. The third-order valence-electron chi connectivity index (χ3n) is 6.47. The summed E-state index contributed by atoms with van der Waals surface area (Å²) in [6.45, 7) is 11.1. The van der Waals surface area contributed by atoms with Crippen molar-refractivity contribution < 1.29 is 4.74 Å². The fraction of sp³-hybridized carbons (Fsp3) is 0.519. The van der Waals surface area contributed by atoms with E-state index in [4.69, 9.17) is 9.73 Å². The van der Waals surface area contributed by atoms with Gasteiger partial charge in [0.1, 0.15) is 5.75 Å². The summed E-state index contributed by atoms with van der Waals surface area (Å²) in [5.41, 5.74) is 5.30. The van der Waals surface area contributed by atoms with Gasteiger partial charge in [0.05, 0.1) is 13.2 Å². The molecule has 0 spiro atoms. The monoisotopic (exact) mass is 449 g/mol. The van der Waals surface area contributed by atoms with E-state index in [2.05, 4.69) is 76.9 Å². The summed E-state index contributed by atoms with van der Waals surface area (Å²) in [6.07, 6.45) is 3.25. The Bertz CT molecular complexity index is 911. The molecule has 0 bridgehead atoms. The smallest absolute Gasteiger partial charge is 0.191 e. The van der Waals surface area contributed by atoms with Crippen molar-refractivity contribution in [3.05, 3.63) is 64.7 Å². The predicted octanol–water partition coefficient (Wildman–Crippen LogP) is 3.06. The maximum Gasteiger partial charge on any atom is 0.191 e. The number of benzene rings is 2. The molecule has 2 aliphatic heterocycles. The molecule has 2 aliphatic rings. The molecular weight excluding hydrogens is 410 g/mol. The second kappa shape index (κ2) is 12.1. The first kappa shape index (κ1) is 23.6. The third kappa shape index (κ3) is 7.21. The highest BCUT2D eigenvalue weighted by Crippen LogP contribution is 2.25. The molecular formula is C27H39N5O. The largest absolute Gasteiger partial charge is 0.493 e. The van der Waals surface area contributed by atoms with Gasteiger partial charge in [-0.2, -0.15) is 0 Å². The standard InChI is InChI=1S/C27H39N5O/c1-3-28-27(29-13-11-22-9-10-26-25(19-22)12-18-33-26)30-20-23-5-7-24(8-6-23)21-32-15-4-14-31(2)16-17-32/h5-10,19H,3-4,11-18,20-21H2,1-2H3,(H2,28,29,30). The minimum absolute atomic E-state index is 0.681. The zero-order valence-corrected chi connectivity index (χ0v) is 20.3. The lowest BCUT2D eigenvalue weighted by atomic mass is 10.1. The van der Waals surface area contributed by atoms with E-state index in [1.165, 1.54) is 41.8 Å². The van der Waals surface area contributed by atoms with Crippen molar-refractivity contribution in [1.82, 2.24) is 20.4 Å². The first-order chi connectivity index (χ1) is 16.2. The maximum atomic E-state index is 5.61. The Labute approximate surface area is 199 Å². The molecule has 0 amide bonds. The quantitative estimate of drug-likeness (QED) is 0.479. The Kier molecular flexibility index (Phi) is 8.61. The van der Waals surface area contributed by atoms with Crippen LogP contribution in [-0.2, 0) is 25.9 Å². The second-order valence-electron chi connectivity index (χ2n) is 9.16. The summed E-state index contributed by atoms with van der Waals surface area (Å²) in [4.78, 5) is 9.79. The van der Waals surface area contributed by atoms with Crippen molar-refractivity contribution >= 4 is 5.96 Å². The van der Waals surface area contributed by atoms with Gasteiger partial charge in [-0.15, -0.1) is 0 Å². The highest BCUT2D eigenvalue weighted by molar-refractivity contribution is 5.79. The van der Waals surface area contributed by atoms with Crippen molar-refractivity contribution in [1.29, 1.82) is 0 Å². The highest BCUT2D eigenvalue weighted by atomic mass is 16.5. The van der Waals surface area contributed by atoms with Crippen LogP contribution in [0.4, 0.5) is 0 Å². The van der Waals surface area contributed by atoms with Gasteiger partial charge in [-0.25, -0.2) is 4.99 Å². The normalized spacial score (nSPS) is 17.3. The maximum absolute atomic E-state index is 5.61. The van der Waals surface area contributed by atoms with Crippen LogP contribution in [-0.4, -0.2) is 68.7 Å². The molecule has 0 unspecified atom stereocenters. The van der Waals surface area contributed by atoms with Crippen LogP contribution in [0.25, 0.3) is 0 Å². The minimum Gasteiger partial charge on any atom is -0.493 e. The highest BCUT2D eigenvalue weighted by Gasteiger charge is 2.13. The summed E-state index contributed by atoms with van der Waals surface area (Å²) in [5, 5.41) is 6.84. The molecule has 4 rings (SSSR count). The van der Waals surface area contributed by atoms with Gasteiger partial charge in [0.25, 0.3) is 0 Å². The van der Waals surface area contributed by atoms with Crippen LogP contribution in [0.3, 0.4) is 0 Å². The number of rotatable bonds is 8. The number of ether oxygens (including phenoxy) is 1. The van der Waals surface area contributed by atoms with E-state index in [-0.39, 0.29) is 0 Å². The third-order valence-corrected chi connectivity index (χ3v) is 6.47. The van der Waals surface area contributed by atoms with Crippen molar-refractivity contribution in [3.63, 3.8) is 0 Å². The Hall–Kier alpha value is -2.57. The topological polar surface area (TPSA) is 52.1 Å². The molecule has 0 atom stereocenters. The molecule has 0 radical (unpaired) electrons. The number of likely N-dealkylation sites (N-methyl/N-ethyl adjacent to an activating group) is 1. The van der Waals surface area contributed by atoms with E-state index >= 15 is 0 Å². The minimum atomic E-state index is 0.681. The summed E-state index contributed by atoms with van der Waals surface area (Å²) in [5.74, 6) is 1.92. The van der Waals surface area contributed by atoms with Crippen LogP contribution < -0.4 is 15.4 Å². The Morgan fingerprint density at radius 3 is 2.64 bits per heavy atom. The average molecular weight is 450 g/mol. The molecule has 2 heterocycles. The first-order valence-electron chi connectivity index (χ1n) is 12.4. The van der Waals surface area contributed by atoms with Gasteiger partial charge in [0, 0.05) is 39.1 Å². The summed E-state index contributed by atoms with van der Waals surface area (Å²) in [6, 6.07) is 15.5. The fourth-order valence-corrected chi connectivity index (χ4v) is 4.50. The van der Waals surface area contributed by atoms with E-state index in [1.54, 1.807) is 0 Å². The van der Waals surface area contributed by atoms with Crippen LogP contribution in [0.1, 0.15) is 35.6 Å². The molecule has 33 heavy (non-hydrogen) atoms. The average Bonchev–Trinajstić information content (AvgIpc) is 3.20. The van der Waals surface area contributed by atoms with Gasteiger partial charge in [-0.3, -0.25) is 4.90 Å². The van der Waals surface area contributed by atoms with Gasteiger partial charge in [0.15, 0.2) is 5.96 Å². The van der Waals surface area contributed by atoms with E-state index in [1.807, 2.05) is 0 Å². The molecule has 2 N–H and O–H groups in total. The van der Waals surface area contributed by atoms with E-state index in [9.17, 15) is 0 Å². The molecule has 0 aromatic heterocycles. The molecule has 6 nitrogen and oxygen atoms in total. The number of nitrogens with zero attached hydrogens (tertiary/aromatic N) is 3. The van der Waals surface area contributed by atoms with Crippen molar-refractivity contribution in [2.45, 2.75) is 39.3 Å². The van der Waals surface area contributed by atoms with E-state index in [0.29, 0.717) is 6.54 Å². The molecule has 2 aromatic rings. The van der Waals surface area contributed by atoms with Crippen LogP contribution in [0.5, 0.6) is 5.75 Å². The van der Waals surface area contributed by atoms with Crippen LogP contribution >= 0.6 is 0 Å². The first-order valence-corrected chi connectivity index (χ1v) is 12.4. The summed E-state index contributed by atoms with van der Waals surface area (Å²) in [7, 11) is 2.22. The van der Waals surface area contributed by atoms with Crippen molar-refractivity contribution in [2.24, 2.45) is 4.99 Å². The van der Waals surface area contributed by atoms with Gasteiger partial charge in [-0.1, -0.05) is 36.4 Å². The van der Waals surface area contributed by atoms with Crippen LogP contribution in [0, 0.1) is 0 Å². The van der Waals surface area contributed by atoms with E-state index in [0.717, 1.165) is 63.9 Å². The van der Waals surface area contributed by atoms with Crippen molar-refractivity contribution in [2.75, 3.05) is 52.9 Å². The molecule has 0 saturated carbocycles. The predicted molar refractivity (Wildman–Crippen MR) is 136 cm³/mol. The summed E-state index contributed by atoms with van der Waals surface area (Å²) >= 11 is 0. The number of aliphatic imine (C=N–C) groups is 1. The fourth-order valence-electron chi connectivity index (χ4n) is 4.50. The molecule has 6 heteroatoms. The van der Waals surface area contributed by atoms with Crippen LogP contribution in [0.2, 0.25) is 0 Å². The Morgan fingerprint density at radius 2 is 1.79 bits per heavy atom. The summed E-state index contributed by atoms with van der Waals surface area (Å²) < 4.78 is 5.61. The van der Waals surface area contributed by atoms with E-state index < -0.39 is 0 Å². The molecule has 2 aromatic carbocycles.